The van der Waals surface area contributed by atoms with Gasteiger partial charge >= 0.3 is 0 Å². The molecular formula is C25H33FNOY+. The SMILES string of the molecule is CCC(C(=O)Cc1c(C)cccc1C)[N+]1(Cc2ccccc2F)CCCCC1.[Y]. The fourth-order valence-corrected chi connectivity index (χ4v) is 5.03. The van der Waals surface area contributed by atoms with Gasteiger partial charge < -0.3 is 4.48 Å². The molecule has 2 nitrogen and oxygen atoms in total. The quantitative estimate of drug-likeness (QED) is 0.486. The van der Waals surface area contributed by atoms with Crippen LogP contribution >= 0.6 is 0 Å². The van der Waals surface area contributed by atoms with E-state index in [1.165, 1.54) is 23.6 Å². The Balaban J connectivity index is 0.00000300. The molecular weight excluding hydrogens is 438 g/mol. The zero-order chi connectivity index (χ0) is 20.1. The van der Waals surface area contributed by atoms with Crippen molar-refractivity contribution in [2.24, 2.45) is 0 Å². The van der Waals surface area contributed by atoms with Gasteiger partial charge in [0.05, 0.1) is 13.1 Å². The Morgan fingerprint density at radius 1 is 1.00 bits per heavy atom. The predicted molar refractivity (Wildman–Crippen MR) is 113 cm³/mol. The number of rotatable bonds is 7. The van der Waals surface area contributed by atoms with Crippen molar-refractivity contribution < 1.29 is 46.4 Å². The largest absolute Gasteiger partial charge is 0.311 e. The molecule has 0 bridgehead atoms. The maximum absolute atomic E-state index is 14.4. The van der Waals surface area contributed by atoms with Crippen LogP contribution in [-0.2, 0) is 50.5 Å². The molecule has 1 heterocycles. The average molecular weight is 471 g/mol. The topological polar surface area (TPSA) is 17.1 Å². The van der Waals surface area contributed by atoms with E-state index in [9.17, 15) is 9.18 Å². The summed E-state index contributed by atoms with van der Waals surface area (Å²) in [5.74, 6) is 0.153. The number of nitrogens with zero attached hydrogens (tertiary/aromatic N) is 1. The van der Waals surface area contributed by atoms with Crippen molar-refractivity contribution in [1.82, 2.24) is 0 Å². The minimum atomic E-state index is -0.150. The molecule has 0 saturated carbocycles. The van der Waals surface area contributed by atoms with Crippen molar-refractivity contribution >= 4 is 5.78 Å². The molecule has 1 aliphatic heterocycles. The van der Waals surface area contributed by atoms with Crippen molar-refractivity contribution in [3.63, 3.8) is 0 Å². The van der Waals surface area contributed by atoms with Crippen LogP contribution in [0.2, 0.25) is 0 Å². The molecule has 1 fully saturated rings. The summed E-state index contributed by atoms with van der Waals surface area (Å²) in [4.78, 5) is 13.5. The van der Waals surface area contributed by atoms with Gasteiger partial charge in [0.25, 0.3) is 0 Å². The number of likely N-dealkylation sites (tertiary alicyclic amines) is 1. The van der Waals surface area contributed by atoms with Crippen LogP contribution in [0.3, 0.4) is 0 Å². The third kappa shape index (κ3) is 5.63. The average Bonchev–Trinajstić information content (AvgIpc) is 2.68. The van der Waals surface area contributed by atoms with E-state index in [1.54, 1.807) is 6.07 Å². The molecule has 1 aliphatic rings. The number of hydrogen-bond acceptors (Lipinski definition) is 1. The second-order valence-electron chi connectivity index (χ2n) is 8.41. The third-order valence-corrected chi connectivity index (χ3v) is 6.56. The van der Waals surface area contributed by atoms with Crippen LogP contribution in [0.15, 0.2) is 42.5 Å². The number of quaternary nitrogens is 1. The smallest absolute Gasteiger partial charge is 0.194 e. The van der Waals surface area contributed by atoms with E-state index in [0.717, 1.165) is 43.5 Å². The first-order chi connectivity index (χ1) is 13.5. The fourth-order valence-electron chi connectivity index (χ4n) is 5.03. The zero-order valence-electron chi connectivity index (χ0n) is 18.1. The molecule has 1 unspecified atom stereocenters. The molecule has 0 N–H and O–H groups in total. The summed E-state index contributed by atoms with van der Waals surface area (Å²) in [5.41, 5.74) is 4.26. The van der Waals surface area contributed by atoms with Crippen molar-refractivity contribution in [3.8, 4) is 0 Å². The monoisotopic (exact) mass is 471 g/mol. The number of carbonyl (C=O) groups excluding carboxylic acids is 1. The van der Waals surface area contributed by atoms with Gasteiger partial charge in [0, 0.05) is 51.1 Å². The number of carbonyl (C=O) groups is 1. The van der Waals surface area contributed by atoms with E-state index in [-0.39, 0.29) is 44.6 Å². The molecule has 3 rings (SSSR count). The minimum absolute atomic E-state index is 0. The molecule has 1 atom stereocenters. The van der Waals surface area contributed by atoms with Gasteiger partial charge in [-0.05, 0) is 55.9 Å². The van der Waals surface area contributed by atoms with Gasteiger partial charge in [-0.3, -0.25) is 4.79 Å². The summed E-state index contributed by atoms with van der Waals surface area (Å²) < 4.78 is 15.2. The Kier molecular flexibility index (Phi) is 9.19. The minimum Gasteiger partial charge on any atom is -0.311 e. The summed E-state index contributed by atoms with van der Waals surface area (Å²) in [6.45, 7) is 8.83. The summed E-state index contributed by atoms with van der Waals surface area (Å²) in [6, 6.07) is 13.2. The van der Waals surface area contributed by atoms with Crippen molar-refractivity contribution in [2.75, 3.05) is 13.1 Å². The molecule has 29 heavy (non-hydrogen) atoms. The van der Waals surface area contributed by atoms with Crippen LogP contribution < -0.4 is 0 Å². The second-order valence-corrected chi connectivity index (χ2v) is 8.41. The van der Waals surface area contributed by atoms with E-state index in [4.69, 9.17) is 0 Å². The van der Waals surface area contributed by atoms with E-state index in [2.05, 4.69) is 32.9 Å². The molecule has 4 heteroatoms. The van der Waals surface area contributed by atoms with E-state index in [1.807, 2.05) is 18.2 Å². The van der Waals surface area contributed by atoms with Crippen LogP contribution in [-0.4, -0.2) is 29.4 Å². The summed E-state index contributed by atoms with van der Waals surface area (Å²) >= 11 is 0. The zero-order valence-corrected chi connectivity index (χ0v) is 20.9. The molecule has 2 aromatic rings. The maximum atomic E-state index is 14.4. The number of piperidine rings is 1. The number of benzene rings is 2. The second kappa shape index (κ2) is 10.9. The van der Waals surface area contributed by atoms with Gasteiger partial charge in [-0.15, -0.1) is 0 Å². The van der Waals surface area contributed by atoms with Gasteiger partial charge in [-0.2, -0.15) is 0 Å². The third-order valence-electron chi connectivity index (χ3n) is 6.56. The van der Waals surface area contributed by atoms with Crippen LogP contribution in [0.1, 0.15) is 54.9 Å². The number of hydrogen-bond donors (Lipinski definition) is 0. The first-order valence-electron chi connectivity index (χ1n) is 10.6. The Labute approximate surface area is 200 Å². The Morgan fingerprint density at radius 3 is 2.21 bits per heavy atom. The van der Waals surface area contributed by atoms with Gasteiger partial charge in [0.1, 0.15) is 18.4 Å². The standard InChI is InChI=1S/C25H33FNO.Y/c1-4-24(25(28)17-22-19(2)11-10-12-20(22)3)27(15-8-5-9-16-27)18-21-13-6-7-14-23(21)26;/h6-7,10-14,24H,4-5,8-9,15-18H2,1-3H3;/q+1;. The fraction of sp³-hybridized carbons (Fsp3) is 0.480. The van der Waals surface area contributed by atoms with Crippen molar-refractivity contribution in [1.29, 1.82) is 0 Å². The van der Waals surface area contributed by atoms with Crippen molar-refractivity contribution in [3.05, 3.63) is 70.5 Å². The van der Waals surface area contributed by atoms with E-state index >= 15 is 0 Å². The number of halogens is 1. The van der Waals surface area contributed by atoms with Gasteiger partial charge in [0.2, 0.25) is 0 Å². The molecule has 2 aromatic carbocycles. The molecule has 153 valence electrons. The molecule has 1 saturated heterocycles. The van der Waals surface area contributed by atoms with E-state index < -0.39 is 0 Å². The molecule has 0 aromatic heterocycles. The summed E-state index contributed by atoms with van der Waals surface area (Å²) in [5, 5.41) is 0. The molecule has 1 radical (unpaired) electrons. The molecule has 0 spiro atoms. The van der Waals surface area contributed by atoms with Gasteiger partial charge in [-0.1, -0.05) is 43.3 Å². The Hall–Kier alpha value is -0.896. The predicted octanol–water partition coefficient (Wildman–Crippen LogP) is 5.53. The molecule has 0 aliphatic carbocycles. The van der Waals surface area contributed by atoms with Crippen molar-refractivity contribution in [2.45, 2.75) is 65.5 Å². The van der Waals surface area contributed by atoms with Gasteiger partial charge in [0.15, 0.2) is 5.78 Å². The Bertz CT molecular complexity index is 809. The normalized spacial score (nSPS) is 16.7. The maximum Gasteiger partial charge on any atom is 0.194 e. The first kappa shape index (κ1) is 24.4. The number of Topliss-reactive ketones (excluding diaryl/α,β-unsaturated/α-hetero) is 1. The first-order valence-corrected chi connectivity index (χ1v) is 10.6. The summed E-state index contributed by atoms with van der Waals surface area (Å²) in [6.07, 6.45) is 4.72. The van der Waals surface area contributed by atoms with Crippen LogP contribution in [0, 0.1) is 19.7 Å². The van der Waals surface area contributed by atoms with Crippen LogP contribution in [0.25, 0.3) is 0 Å². The van der Waals surface area contributed by atoms with Gasteiger partial charge in [-0.25, -0.2) is 4.39 Å². The number of aryl methyl sites for hydroxylation is 2. The number of ketones is 1. The summed E-state index contributed by atoms with van der Waals surface area (Å²) in [7, 11) is 0. The molecule has 0 amide bonds. The van der Waals surface area contributed by atoms with Crippen LogP contribution in [0.4, 0.5) is 4.39 Å². The van der Waals surface area contributed by atoms with E-state index in [0.29, 0.717) is 23.2 Å². The Morgan fingerprint density at radius 2 is 1.62 bits per heavy atom. The van der Waals surface area contributed by atoms with Crippen LogP contribution in [0.5, 0.6) is 0 Å².